The van der Waals surface area contributed by atoms with Crippen molar-refractivity contribution in [3.8, 4) is 0 Å². The highest BCUT2D eigenvalue weighted by Gasteiger charge is 2.40. The van der Waals surface area contributed by atoms with Crippen LogP contribution in [-0.2, 0) is 9.53 Å². The summed E-state index contributed by atoms with van der Waals surface area (Å²) in [5.74, 6) is 0.262. The zero-order chi connectivity index (χ0) is 12.9. The molecule has 0 aromatic heterocycles. The Hall–Kier alpha value is -0.410. The third-order valence-corrected chi connectivity index (χ3v) is 3.85. The summed E-state index contributed by atoms with van der Waals surface area (Å²) in [4.78, 5) is 14.6. The van der Waals surface area contributed by atoms with Gasteiger partial charge in [0.1, 0.15) is 6.61 Å². The maximum atomic E-state index is 12.5. The smallest absolute Gasteiger partial charge is 0.178 e. The predicted molar refractivity (Wildman–Crippen MR) is 70.2 cm³/mol. The van der Waals surface area contributed by atoms with Crippen molar-refractivity contribution in [3.63, 3.8) is 0 Å². The zero-order valence-electron chi connectivity index (χ0n) is 11.8. The quantitative estimate of drug-likeness (QED) is 0.693. The van der Waals surface area contributed by atoms with Crippen LogP contribution in [0.2, 0.25) is 0 Å². The first-order valence-corrected chi connectivity index (χ1v) is 6.81. The minimum Gasteiger partial charge on any atom is -0.371 e. The van der Waals surface area contributed by atoms with Gasteiger partial charge in [0, 0.05) is 0 Å². The third-order valence-electron chi connectivity index (χ3n) is 3.85. The van der Waals surface area contributed by atoms with Gasteiger partial charge < -0.3 is 4.74 Å². The predicted octanol–water partition coefficient (Wildman–Crippen LogP) is 2.64. The van der Waals surface area contributed by atoms with Crippen LogP contribution >= 0.6 is 0 Å². The van der Waals surface area contributed by atoms with Gasteiger partial charge in [-0.05, 0) is 40.8 Å². The van der Waals surface area contributed by atoms with Gasteiger partial charge in [0.15, 0.2) is 5.78 Å². The second kappa shape index (κ2) is 6.50. The first kappa shape index (κ1) is 14.7. The molecule has 0 saturated heterocycles. The molecule has 0 aromatic rings. The summed E-state index contributed by atoms with van der Waals surface area (Å²) in [6, 6.07) is 0. The van der Waals surface area contributed by atoms with E-state index in [1.807, 2.05) is 27.9 Å². The van der Waals surface area contributed by atoms with E-state index in [9.17, 15) is 4.79 Å². The van der Waals surface area contributed by atoms with E-state index >= 15 is 0 Å². The van der Waals surface area contributed by atoms with Crippen LogP contribution in [0, 0.1) is 0 Å². The Balaban J connectivity index is 2.71. The molecule has 1 aliphatic rings. The summed E-state index contributed by atoms with van der Waals surface area (Å²) < 4.78 is 5.50. The van der Waals surface area contributed by atoms with Crippen molar-refractivity contribution < 1.29 is 9.53 Å². The standard InChI is InChI=1S/C14H27NO2/c1-12(2)17-11-13(16)14(15(3)4)9-7-5-6-8-10-14/h12H,5-11H2,1-4H3. The van der Waals surface area contributed by atoms with Gasteiger partial charge in [-0.25, -0.2) is 0 Å². The van der Waals surface area contributed by atoms with Crippen molar-refractivity contribution in [3.05, 3.63) is 0 Å². The Morgan fingerprint density at radius 2 is 1.71 bits per heavy atom. The Bertz CT molecular complexity index is 241. The fraction of sp³-hybridized carbons (Fsp3) is 0.929. The molecule has 0 aliphatic heterocycles. The van der Waals surface area contributed by atoms with E-state index < -0.39 is 0 Å². The fourth-order valence-corrected chi connectivity index (χ4v) is 2.67. The average molecular weight is 241 g/mol. The molecule has 0 aromatic carbocycles. The highest BCUT2D eigenvalue weighted by atomic mass is 16.5. The van der Waals surface area contributed by atoms with E-state index in [-0.39, 0.29) is 24.0 Å². The molecule has 3 nitrogen and oxygen atoms in total. The van der Waals surface area contributed by atoms with Crippen molar-refractivity contribution in [2.75, 3.05) is 20.7 Å². The van der Waals surface area contributed by atoms with E-state index in [1.165, 1.54) is 12.8 Å². The minimum absolute atomic E-state index is 0.129. The number of ether oxygens (including phenoxy) is 1. The van der Waals surface area contributed by atoms with Crippen LogP contribution in [-0.4, -0.2) is 43.0 Å². The summed E-state index contributed by atoms with van der Waals surface area (Å²) in [5, 5.41) is 0. The van der Waals surface area contributed by atoms with Gasteiger partial charge in [-0.3, -0.25) is 9.69 Å². The molecule has 1 rings (SSSR count). The minimum atomic E-state index is -0.272. The summed E-state index contributed by atoms with van der Waals surface area (Å²) in [7, 11) is 4.05. The van der Waals surface area contributed by atoms with Gasteiger partial charge >= 0.3 is 0 Å². The number of ketones is 1. The summed E-state index contributed by atoms with van der Waals surface area (Å²) in [5.41, 5.74) is -0.272. The molecule has 0 spiro atoms. The lowest BCUT2D eigenvalue weighted by Crippen LogP contribution is -2.52. The number of hydrogen-bond acceptors (Lipinski definition) is 3. The van der Waals surface area contributed by atoms with E-state index in [4.69, 9.17) is 4.74 Å². The third kappa shape index (κ3) is 3.78. The van der Waals surface area contributed by atoms with Crippen molar-refractivity contribution in [1.82, 2.24) is 4.90 Å². The lowest BCUT2D eigenvalue weighted by atomic mass is 9.84. The Kier molecular flexibility index (Phi) is 5.60. The first-order chi connectivity index (χ1) is 7.99. The topological polar surface area (TPSA) is 29.5 Å². The second-order valence-corrected chi connectivity index (χ2v) is 5.62. The molecule has 0 bridgehead atoms. The van der Waals surface area contributed by atoms with Gasteiger partial charge in [0.05, 0.1) is 11.6 Å². The highest BCUT2D eigenvalue weighted by molar-refractivity contribution is 5.89. The SMILES string of the molecule is CC(C)OCC(=O)C1(N(C)C)CCCCCC1. The van der Waals surface area contributed by atoms with Gasteiger partial charge in [-0.2, -0.15) is 0 Å². The Morgan fingerprint density at radius 1 is 1.18 bits per heavy atom. The van der Waals surface area contributed by atoms with Crippen LogP contribution in [0.4, 0.5) is 0 Å². The Labute approximate surface area is 106 Å². The zero-order valence-corrected chi connectivity index (χ0v) is 11.8. The molecular weight excluding hydrogens is 214 g/mol. The number of carbonyl (C=O) groups is 1. The van der Waals surface area contributed by atoms with E-state index in [0.29, 0.717) is 0 Å². The summed E-state index contributed by atoms with van der Waals surface area (Å²) >= 11 is 0. The van der Waals surface area contributed by atoms with Crippen molar-refractivity contribution in [1.29, 1.82) is 0 Å². The number of carbonyl (C=O) groups excluding carboxylic acids is 1. The first-order valence-electron chi connectivity index (χ1n) is 6.81. The molecule has 0 unspecified atom stereocenters. The van der Waals surface area contributed by atoms with Crippen molar-refractivity contribution in [2.45, 2.75) is 64.0 Å². The van der Waals surface area contributed by atoms with Crippen LogP contribution in [0.5, 0.6) is 0 Å². The molecule has 100 valence electrons. The molecule has 0 N–H and O–H groups in total. The highest BCUT2D eigenvalue weighted by Crippen LogP contribution is 2.32. The molecule has 1 fully saturated rings. The maximum Gasteiger partial charge on any atom is 0.178 e. The average Bonchev–Trinajstić information content (AvgIpc) is 2.51. The van der Waals surface area contributed by atoms with Crippen molar-refractivity contribution in [2.24, 2.45) is 0 Å². The molecule has 0 radical (unpaired) electrons. The number of hydrogen-bond donors (Lipinski definition) is 0. The van der Waals surface area contributed by atoms with Crippen molar-refractivity contribution >= 4 is 5.78 Å². The maximum absolute atomic E-state index is 12.5. The van der Waals surface area contributed by atoms with Crippen LogP contribution in [0.1, 0.15) is 52.4 Å². The second-order valence-electron chi connectivity index (χ2n) is 5.62. The van der Waals surface area contributed by atoms with Gasteiger partial charge in [0.25, 0.3) is 0 Å². The molecular formula is C14H27NO2. The molecule has 0 heterocycles. The fourth-order valence-electron chi connectivity index (χ4n) is 2.67. The normalized spacial score (nSPS) is 20.6. The lowest BCUT2D eigenvalue weighted by molar-refractivity contribution is -0.137. The van der Waals surface area contributed by atoms with Crippen LogP contribution < -0.4 is 0 Å². The summed E-state index contributed by atoms with van der Waals surface area (Å²) in [6.07, 6.45) is 6.93. The van der Waals surface area contributed by atoms with E-state index in [1.54, 1.807) is 0 Å². The van der Waals surface area contributed by atoms with E-state index in [2.05, 4.69) is 4.90 Å². The summed E-state index contributed by atoms with van der Waals surface area (Å²) in [6.45, 7) is 4.21. The van der Waals surface area contributed by atoms with Crippen LogP contribution in [0.25, 0.3) is 0 Å². The van der Waals surface area contributed by atoms with Gasteiger partial charge in [-0.15, -0.1) is 0 Å². The number of Topliss-reactive ketones (excluding diaryl/α,β-unsaturated/α-hetero) is 1. The Morgan fingerprint density at radius 3 is 2.12 bits per heavy atom. The lowest BCUT2D eigenvalue weighted by Gasteiger charge is -2.38. The molecule has 0 amide bonds. The number of nitrogens with zero attached hydrogens (tertiary/aromatic N) is 1. The van der Waals surface area contributed by atoms with Gasteiger partial charge in [0.2, 0.25) is 0 Å². The monoisotopic (exact) mass is 241 g/mol. The van der Waals surface area contributed by atoms with Gasteiger partial charge in [-0.1, -0.05) is 25.7 Å². The molecule has 3 heteroatoms. The van der Waals surface area contributed by atoms with Crippen LogP contribution in [0.15, 0.2) is 0 Å². The van der Waals surface area contributed by atoms with Crippen LogP contribution in [0.3, 0.4) is 0 Å². The number of rotatable bonds is 5. The molecule has 1 aliphatic carbocycles. The van der Waals surface area contributed by atoms with E-state index in [0.717, 1.165) is 25.7 Å². The largest absolute Gasteiger partial charge is 0.371 e. The molecule has 1 saturated carbocycles. The molecule has 17 heavy (non-hydrogen) atoms. The molecule has 0 atom stereocenters. The number of likely N-dealkylation sites (N-methyl/N-ethyl adjacent to an activating group) is 1.